The van der Waals surface area contributed by atoms with E-state index < -0.39 is 0 Å². The van der Waals surface area contributed by atoms with E-state index in [1.807, 2.05) is 0 Å². The second-order valence-corrected chi connectivity index (χ2v) is 4.86. The van der Waals surface area contributed by atoms with Crippen molar-refractivity contribution in [2.45, 2.75) is 0 Å². The van der Waals surface area contributed by atoms with Gasteiger partial charge in [-0.25, -0.2) is 4.98 Å². The molecule has 0 aliphatic carbocycles. The van der Waals surface area contributed by atoms with Crippen LogP contribution in [0.1, 0.15) is 15.9 Å². The number of nitrogens with zero attached hydrogens (tertiary/aromatic N) is 1. The number of ketones is 1. The monoisotopic (exact) mass is 307 g/mol. The van der Waals surface area contributed by atoms with Crippen molar-refractivity contribution < 1.29 is 9.53 Å². The standard InChI is InChI=1S/C15H11Cl2NO2/c1-20-15-5-3-11(9-18-15)14(19)4-2-10-6-12(16)8-13(17)7-10/h2-9H,1H3/b4-2+. The fourth-order valence-corrected chi connectivity index (χ4v) is 2.13. The predicted octanol–water partition coefficient (Wildman–Crippen LogP) is 4.29. The third kappa shape index (κ3) is 3.83. The second-order valence-electron chi connectivity index (χ2n) is 3.99. The molecular formula is C15H11Cl2NO2. The van der Waals surface area contributed by atoms with Crippen molar-refractivity contribution in [2.24, 2.45) is 0 Å². The number of hydrogen-bond donors (Lipinski definition) is 0. The molecule has 102 valence electrons. The summed E-state index contributed by atoms with van der Waals surface area (Å²) in [6, 6.07) is 8.38. The van der Waals surface area contributed by atoms with Crippen LogP contribution < -0.4 is 4.74 Å². The number of methoxy groups -OCH3 is 1. The molecule has 0 fully saturated rings. The maximum atomic E-state index is 12.0. The lowest BCUT2D eigenvalue weighted by Crippen LogP contribution is -1.96. The van der Waals surface area contributed by atoms with Gasteiger partial charge >= 0.3 is 0 Å². The molecule has 1 aromatic carbocycles. The number of carbonyl (C=O) groups excluding carboxylic acids is 1. The molecule has 3 nitrogen and oxygen atoms in total. The van der Waals surface area contributed by atoms with Crippen LogP contribution in [0.25, 0.3) is 6.08 Å². The smallest absolute Gasteiger partial charge is 0.212 e. The number of carbonyl (C=O) groups is 1. The van der Waals surface area contributed by atoms with Crippen LogP contribution in [0.3, 0.4) is 0 Å². The maximum Gasteiger partial charge on any atom is 0.212 e. The summed E-state index contributed by atoms with van der Waals surface area (Å²) >= 11 is 11.8. The summed E-state index contributed by atoms with van der Waals surface area (Å²) in [6.45, 7) is 0. The van der Waals surface area contributed by atoms with Gasteiger partial charge in [-0.1, -0.05) is 29.3 Å². The van der Waals surface area contributed by atoms with Crippen LogP contribution in [0.2, 0.25) is 10.0 Å². The molecule has 1 aromatic heterocycles. The highest BCUT2D eigenvalue weighted by atomic mass is 35.5. The lowest BCUT2D eigenvalue weighted by Gasteiger charge is -1.99. The zero-order valence-corrected chi connectivity index (χ0v) is 12.2. The molecule has 0 N–H and O–H groups in total. The second kappa shape index (κ2) is 6.55. The Kier molecular flexibility index (Phi) is 4.77. The van der Waals surface area contributed by atoms with E-state index in [0.717, 1.165) is 5.56 Å². The molecule has 0 spiro atoms. The van der Waals surface area contributed by atoms with Crippen molar-refractivity contribution in [3.05, 3.63) is 63.8 Å². The third-order valence-electron chi connectivity index (χ3n) is 2.54. The Balaban J connectivity index is 2.15. The van der Waals surface area contributed by atoms with Crippen LogP contribution in [0.15, 0.2) is 42.6 Å². The normalized spacial score (nSPS) is 10.8. The molecule has 5 heteroatoms. The minimum atomic E-state index is -0.156. The molecule has 0 aliphatic heterocycles. The number of pyridine rings is 1. The molecule has 0 atom stereocenters. The summed E-state index contributed by atoms with van der Waals surface area (Å²) in [4.78, 5) is 15.9. The number of halogens is 2. The van der Waals surface area contributed by atoms with E-state index in [0.29, 0.717) is 21.5 Å². The summed E-state index contributed by atoms with van der Waals surface area (Å²) in [5, 5.41) is 1.05. The fourth-order valence-electron chi connectivity index (χ4n) is 1.59. The lowest BCUT2D eigenvalue weighted by molar-refractivity contribution is 0.104. The van der Waals surface area contributed by atoms with Crippen molar-refractivity contribution >= 4 is 35.1 Å². The van der Waals surface area contributed by atoms with Crippen LogP contribution in [-0.4, -0.2) is 17.9 Å². The van der Waals surface area contributed by atoms with E-state index in [-0.39, 0.29) is 5.78 Å². The van der Waals surface area contributed by atoms with Gasteiger partial charge in [0.15, 0.2) is 5.78 Å². The molecular weight excluding hydrogens is 297 g/mol. The molecule has 20 heavy (non-hydrogen) atoms. The summed E-state index contributed by atoms with van der Waals surface area (Å²) in [5.74, 6) is 0.309. The first kappa shape index (κ1) is 14.6. The number of aromatic nitrogens is 1. The maximum absolute atomic E-state index is 12.0. The first-order valence-corrected chi connectivity index (χ1v) is 6.52. The molecule has 0 amide bonds. The molecule has 2 aromatic rings. The largest absolute Gasteiger partial charge is 0.481 e. The lowest BCUT2D eigenvalue weighted by atomic mass is 10.1. The van der Waals surface area contributed by atoms with Crippen LogP contribution in [0, 0.1) is 0 Å². The summed E-state index contributed by atoms with van der Waals surface area (Å²) in [6.07, 6.45) is 4.58. The Labute approximate surface area is 126 Å². The number of allylic oxidation sites excluding steroid dienone is 1. The van der Waals surface area contributed by atoms with Crippen molar-refractivity contribution in [1.29, 1.82) is 0 Å². The highest BCUT2D eigenvalue weighted by Gasteiger charge is 2.03. The third-order valence-corrected chi connectivity index (χ3v) is 2.98. The van der Waals surface area contributed by atoms with Gasteiger partial charge in [-0.05, 0) is 35.9 Å². The highest BCUT2D eigenvalue weighted by Crippen LogP contribution is 2.20. The van der Waals surface area contributed by atoms with E-state index in [9.17, 15) is 4.79 Å². The first-order chi connectivity index (χ1) is 9.58. The van der Waals surface area contributed by atoms with Gasteiger partial charge in [-0.15, -0.1) is 0 Å². The van der Waals surface area contributed by atoms with Crippen LogP contribution in [0.5, 0.6) is 5.88 Å². The van der Waals surface area contributed by atoms with Gasteiger partial charge in [0.1, 0.15) is 0 Å². The minimum absolute atomic E-state index is 0.156. The molecule has 0 saturated heterocycles. The number of ether oxygens (including phenoxy) is 1. The molecule has 1 heterocycles. The first-order valence-electron chi connectivity index (χ1n) is 5.77. The number of benzene rings is 1. The zero-order valence-electron chi connectivity index (χ0n) is 10.6. The van der Waals surface area contributed by atoms with Gasteiger partial charge in [0.05, 0.1) is 7.11 Å². The van der Waals surface area contributed by atoms with Gasteiger partial charge in [0.25, 0.3) is 0 Å². The van der Waals surface area contributed by atoms with E-state index in [4.69, 9.17) is 27.9 Å². The Morgan fingerprint density at radius 3 is 2.45 bits per heavy atom. The predicted molar refractivity (Wildman–Crippen MR) is 80.6 cm³/mol. The Hall–Kier alpha value is -1.84. The van der Waals surface area contributed by atoms with Gasteiger partial charge in [0, 0.05) is 27.9 Å². The van der Waals surface area contributed by atoms with Crippen LogP contribution in [-0.2, 0) is 0 Å². The Morgan fingerprint density at radius 2 is 1.90 bits per heavy atom. The van der Waals surface area contributed by atoms with Crippen LogP contribution >= 0.6 is 23.2 Å². The summed E-state index contributed by atoms with van der Waals surface area (Å²) in [5.41, 5.74) is 1.24. The fraction of sp³-hybridized carbons (Fsp3) is 0.0667. The Morgan fingerprint density at radius 1 is 1.20 bits per heavy atom. The highest BCUT2D eigenvalue weighted by molar-refractivity contribution is 6.34. The van der Waals surface area contributed by atoms with Gasteiger partial charge in [0.2, 0.25) is 5.88 Å². The summed E-state index contributed by atoms with van der Waals surface area (Å²) in [7, 11) is 1.52. The van der Waals surface area contributed by atoms with Crippen molar-refractivity contribution in [2.75, 3.05) is 7.11 Å². The van der Waals surface area contributed by atoms with Gasteiger partial charge in [-0.2, -0.15) is 0 Å². The average Bonchev–Trinajstić information content (AvgIpc) is 2.44. The van der Waals surface area contributed by atoms with Gasteiger partial charge in [-0.3, -0.25) is 4.79 Å². The number of hydrogen-bond acceptors (Lipinski definition) is 3. The summed E-state index contributed by atoms with van der Waals surface area (Å²) < 4.78 is 4.93. The van der Waals surface area contributed by atoms with E-state index in [1.165, 1.54) is 19.4 Å². The van der Waals surface area contributed by atoms with Crippen molar-refractivity contribution in [1.82, 2.24) is 4.98 Å². The SMILES string of the molecule is COc1ccc(C(=O)/C=C/c2cc(Cl)cc(Cl)c2)cn1. The molecule has 2 rings (SSSR count). The van der Waals surface area contributed by atoms with Gasteiger partial charge < -0.3 is 4.74 Å². The zero-order chi connectivity index (χ0) is 14.5. The molecule has 0 unspecified atom stereocenters. The van der Waals surface area contributed by atoms with E-state index >= 15 is 0 Å². The van der Waals surface area contributed by atoms with E-state index in [1.54, 1.807) is 36.4 Å². The number of rotatable bonds is 4. The minimum Gasteiger partial charge on any atom is -0.481 e. The average molecular weight is 308 g/mol. The molecule has 0 saturated carbocycles. The van der Waals surface area contributed by atoms with Crippen molar-refractivity contribution in [3.63, 3.8) is 0 Å². The molecule has 0 bridgehead atoms. The quantitative estimate of drug-likeness (QED) is 0.624. The van der Waals surface area contributed by atoms with E-state index in [2.05, 4.69) is 4.98 Å². The molecule has 0 aliphatic rings. The Bertz CT molecular complexity index is 631. The topological polar surface area (TPSA) is 39.2 Å². The van der Waals surface area contributed by atoms with Crippen LogP contribution in [0.4, 0.5) is 0 Å². The van der Waals surface area contributed by atoms with Crippen molar-refractivity contribution in [3.8, 4) is 5.88 Å². The molecule has 0 radical (unpaired) electrons.